The molecule has 0 aromatic heterocycles. The first-order valence-electron chi connectivity index (χ1n) is 9.72. The van der Waals surface area contributed by atoms with Crippen LogP contribution in [0.15, 0.2) is 4.99 Å². The number of morpholine rings is 1. The first kappa shape index (κ1) is 18.0. The molecule has 3 heterocycles. The number of likely N-dealkylation sites (tertiary alicyclic amines) is 2. The van der Waals surface area contributed by atoms with Crippen LogP contribution < -0.4 is 5.32 Å². The normalized spacial score (nSPS) is 28.5. The molecule has 3 rings (SSSR count). The lowest BCUT2D eigenvalue weighted by Gasteiger charge is -2.32. The lowest BCUT2D eigenvalue weighted by atomic mass is 9.94. The molecule has 0 aromatic rings. The molecule has 3 aliphatic rings. The highest BCUT2D eigenvalue weighted by Gasteiger charge is 2.30. The molecule has 1 unspecified atom stereocenters. The zero-order valence-electron chi connectivity index (χ0n) is 15.5. The molecule has 0 spiro atoms. The van der Waals surface area contributed by atoms with Crippen LogP contribution in [0.4, 0.5) is 0 Å². The SMILES string of the molecule is CN=C(NCCC1CCN(C)CC1)N1CCC(N2CCOCC2)C1. The van der Waals surface area contributed by atoms with Crippen molar-refractivity contribution in [1.29, 1.82) is 0 Å². The van der Waals surface area contributed by atoms with Gasteiger partial charge < -0.3 is 19.9 Å². The number of nitrogens with zero attached hydrogens (tertiary/aromatic N) is 4. The maximum Gasteiger partial charge on any atom is 0.193 e. The number of piperidine rings is 1. The average Bonchev–Trinajstić information content (AvgIpc) is 3.11. The first-order chi connectivity index (χ1) is 11.8. The van der Waals surface area contributed by atoms with Crippen LogP contribution in [0.1, 0.15) is 25.7 Å². The third-order valence-corrected chi connectivity index (χ3v) is 5.91. The molecule has 0 bridgehead atoms. The van der Waals surface area contributed by atoms with Crippen LogP contribution in [0, 0.1) is 5.92 Å². The van der Waals surface area contributed by atoms with Gasteiger partial charge in [0.1, 0.15) is 0 Å². The molecular weight excluding hydrogens is 302 g/mol. The molecule has 1 N–H and O–H groups in total. The summed E-state index contributed by atoms with van der Waals surface area (Å²) in [7, 11) is 4.15. The molecular formula is C18H35N5O. The highest BCUT2D eigenvalue weighted by Crippen LogP contribution is 2.19. The van der Waals surface area contributed by atoms with E-state index < -0.39 is 0 Å². The highest BCUT2D eigenvalue weighted by atomic mass is 16.5. The van der Waals surface area contributed by atoms with Crippen molar-refractivity contribution in [1.82, 2.24) is 20.0 Å². The molecule has 0 amide bonds. The van der Waals surface area contributed by atoms with Crippen LogP contribution in [0.3, 0.4) is 0 Å². The van der Waals surface area contributed by atoms with E-state index >= 15 is 0 Å². The molecule has 6 nitrogen and oxygen atoms in total. The van der Waals surface area contributed by atoms with Crippen LogP contribution >= 0.6 is 0 Å². The summed E-state index contributed by atoms with van der Waals surface area (Å²) in [6, 6.07) is 0.668. The van der Waals surface area contributed by atoms with E-state index in [1.54, 1.807) is 0 Å². The van der Waals surface area contributed by atoms with Crippen LogP contribution in [0.2, 0.25) is 0 Å². The Morgan fingerprint density at radius 2 is 1.83 bits per heavy atom. The van der Waals surface area contributed by atoms with Crippen molar-refractivity contribution in [2.75, 3.05) is 73.1 Å². The van der Waals surface area contributed by atoms with Gasteiger partial charge in [0, 0.05) is 45.8 Å². The van der Waals surface area contributed by atoms with Gasteiger partial charge in [0.25, 0.3) is 0 Å². The number of nitrogens with one attached hydrogen (secondary N) is 1. The quantitative estimate of drug-likeness (QED) is 0.604. The molecule has 0 aliphatic carbocycles. The maximum atomic E-state index is 5.48. The Hall–Kier alpha value is -0.850. The van der Waals surface area contributed by atoms with E-state index in [-0.39, 0.29) is 0 Å². The summed E-state index contributed by atoms with van der Waals surface area (Å²) >= 11 is 0. The second-order valence-electron chi connectivity index (χ2n) is 7.55. The average molecular weight is 338 g/mol. The molecule has 0 radical (unpaired) electrons. The minimum Gasteiger partial charge on any atom is -0.379 e. The van der Waals surface area contributed by atoms with E-state index in [2.05, 4.69) is 32.1 Å². The fourth-order valence-electron chi connectivity index (χ4n) is 4.25. The Morgan fingerprint density at radius 1 is 1.08 bits per heavy atom. The van der Waals surface area contributed by atoms with Crippen molar-refractivity contribution in [3.63, 3.8) is 0 Å². The summed E-state index contributed by atoms with van der Waals surface area (Å²) in [6.45, 7) is 9.74. The van der Waals surface area contributed by atoms with E-state index in [0.717, 1.165) is 57.8 Å². The van der Waals surface area contributed by atoms with Crippen molar-refractivity contribution in [3.05, 3.63) is 0 Å². The van der Waals surface area contributed by atoms with Crippen LogP contribution in [0.5, 0.6) is 0 Å². The Morgan fingerprint density at radius 3 is 2.54 bits per heavy atom. The fourth-order valence-corrected chi connectivity index (χ4v) is 4.25. The standard InChI is InChI=1S/C18H35N5O/c1-19-18(20-7-3-16-4-8-21(2)9-5-16)23-10-6-17(15-23)22-11-13-24-14-12-22/h16-17H,3-15H2,1-2H3,(H,19,20). The van der Waals surface area contributed by atoms with Gasteiger partial charge in [0.2, 0.25) is 0 Å². The second kappa shape index (κ2) is 9.02. The lowest BCUT2D eigenvalue weighted by Crippen LogP contribution is -2.47. The van der Waals surface area contributed by atoms with Gasteiger partial charge in [-0.1, -0.05) is 0 Å². The summed E-state index contributed by atoms with van der Waals surface area (Å²) in [5.74, 6) is 1.98. The number of ether oxygens (including phenoxy) is 1. The molecule has 24 heavy (non-hydrogen) atoms. The first-order valence-corrected chi connectivity index (χ1v) is 9.72. The monoisotopic (exact) mass is 337 g/mol. The largest absolute Gasteiger partial charge is 0.379 e. The van der Waals surface area contributed by atoms with Gasteiger partial charge in [0.15, 0.2) is 5.96 Å². The van der Waals surface area contributed by atoms with Gasteiger partial charge in [0.05, 0.1) is 13.2 Å². The highest BCUT2D eigenvalue weighted by molar-refractivity contribution is 5.80. The van der Waals surface area contributed by atoms with Crippen LogP contribution in [0.25, 0.3) is 0 Å². The van der Waals surface area contributed by atoms with Gasteiger partial charge in [-0.05, 0) is 51.7 Å². The zero-order chi connectivity index (χ0) is 16.8. The van der Waals surface area contributed by atoms with Gasteiger partial charge in [-0.2, -0.15) is 0 Å². The number of guanidine groups is 1. The van der Waals surface area contributed by atoms with Crippen molar-refractivity contribution in [2.24, 2.45) is 10.9 Å². The molecule has 1 atom stereocenters. The van der Waals surface area contributed by atoms with Crippen molar-refractivity contribution >= 4 is 5.96 Å². The summed E-state index contributed by atoms with van der Waals surface area (Å²) in [5.41, 5.74) is 0. The number of rotatable bonds is 4. The number of aliphatic imine (C=N–C) groups is 1. The Balaban J connectivity index is 1.38. The third kappa shape index (κ3) is 4.83. The van der Waals surface area contributed by atoms with Crippen LogP contribution in [-0.2, 0) is 4.74 Å². The third-order valence-electron chi connectivity index (χ3n) is 5.91. The number of hydrogen-bond donors (Lipinski definition) is 1. The fraction of sp³-hybridized carbons (Fsp3) is 0.944. The van der Waals surface area contributed by atoms with Crippen molar-refractivity contribution in [2.45, 2.75) is 31.7 Å². The predicted octanol–water partition coefficient (Wildman–Crippen LogP) is 0.700. The number of hydrogen-bond acceptors (Lipinski definition) is 4. The Bertz CT molecular complexity index is 402. The molecule has 3 aliphatic heterocycles. The Labute approximate surface area is 147 Å². The lowest BCUT2D eigenvalue weighted by molar-refractivity contribution is 0.0195. The summed E-state index contributed by atoms with van der Waals surface area (Å²) < 4.78 is 5.48. The van der Waals surface area contributed by atoms with E-state index in [4.69, 9.17) is 4.74 Å². The predicted molar refractivity (Wildman–Crippen MR) is 98.6 cm³/mol. The van der Waals surface area contributed by atoms with E-state index in [1.165, 1.54) is 38.8 Å². The molecule has 0 saturated carbocycles. The maximum absolute atomic E-state index is 5.48. The van der Waals surface area contributed by atoms with Crippen molar-refractivity contribution < 1.29 is 4.74 Å². The second-order valence-corrected chi connectivity index (χ2v) is 7.55. The summed E-state index contributed by atoms with van der Waals surface area (Å²) in [5, 5.41) is 3.61. The minimum absolute atomic E-state index is 0.668. The Kier molecular flexibility index (Phi) is 6.75. The zero-order valence-corrected chi connectivity index (χ0v) is 15.5. The van der Waals surface area contributed by atoms with Gasteiger partial charge in [-0.3, -0.25) is 9.89 Å². The molecule has 138 valence electrons. The molecule has 3 fully saturated rings. The summed E-state index contributed by atoms with van der Waals surface area (Å²) in [4.78, 5) is 12.0. The smallest absolute Gasteiger partial charge is 0.193 e. The van der Waals surface area contributed by atoms with E-state index in [9.17, 15) is 0 Å². The van der Waals surface area contributed by atoms with Gasteiger partial charge in [-0.15, -0.1) is 0 Å². The van der Waals surface area contributed by atoms with E-state index in [1.807, 2.05) is 7.05 Å². The summed E-state index contributed by atoms with van der Waals surface area (Å²) in [6.07, 6.45) is 5.21. The molecule has 0 aromatic carbocycles. The van der Waals surface area contributed by atoms with Gasteiger partial charge in [-0.25, -0.2) is 0 Å². The molecule has 6 heteroatoms. The van der Waals surface area contributed by atoms with Crippen molar-refractivity contribution in [3.8, 4) is 0 Å². The topological polar surface area (TPSA) is 43.3 Å². The van der Waals surface area contributed by atoms with E-state index in [0.29, 0.717) is 6.04 Å². The van der Waals surface area contributed by atoms with Crippen LogP contribution in [-0.4, -0.2) is 99.8 Å². The molecule has 3 saturated heterocycles. The minimum atomic E-state index is 0.668. The van der Waals surface area contributed by atoms with Gasteiger partial charge >= 0.3 is 0 Å².